The molecule has 1 aromatic heterocycles. The molecule has 0 saturated heterocycles. The molecule has 0 spiro atoms. The van der Waals surface area contributed by atoms with Crippen molar-refractivity contribution in [3.8, 4) is 12.3 Å². The first kappa shape index (κ1) is 14.0. The Balaban J connectivity index is 2.22. The van der Waals surface area contributed by atoms with Gasteiger partial charge in [0.05, 0.1) is 11.2 Å². The fourth-order valence-electron chi connectivity index (χ4n) is 1.92. The number of rotatable bonds is 6. The van der Waals surface area contributed by atoms with Crippen LogP contribution in [0, 0.1) is 18.3 Å². The molecule has 0 bridgehead atoms. The maximum absolute atomic E-state index is 12.3. The van der Waals surface area contributed by atoms with Gasteiger partial charge in [-0.1, -0.05) is 18.5 Å². The summed E-state index contributed by atoms with van der Waals surface area (Å²) in [5, 5.41) is 7.60. The smallest absolute Gasteiger partial charge is 0.291 e. The highest BCUT2D eigenvalue weighted by Gasteiger charge is 2.23. The van der Waals surface area contributed by atoms with Crippen molar-refractivity contribution in [1.29, 1.82) is 0 Å². The van der Waals surface area contributed by atoms with E-state index in [0.717, 1.165) is 6.42 Å². The molecule has 1 unspecified atom stereocenters. The van der Waals surface area contributed by atoms with E-state index in [1.807, 2.05) is 6.92 Å². The molecule has 19 heavy (non-hydrogen) atoms. The van der Waals surface area contributed by atoms with Gasteiger partial charge in [0.25, 0.3) is 5.56 Å². The Morgan fingerprint density at radius 1 is 1.68 bits per heavy atom. The highest BCUT2D eigenvalue weighted by atomic mass is 35.5. The predicted molar refractivity (Wildman–Crippen MR) is 77.4 cm³/mol. The number of hydrogen-bond donors (Lipinski definition) is 1. The van der Waals surface area contributed by atoms with Crippen molar-refractivity contribution >= 4 is 17.3 Å². The summed E-state index contributed by atoms with van der Waals surface area (Å²) in [5.74, 6) is 3.19. The Morgan fingerprint density at radius 2 is 2.42 bits per heavy atom. The first-order valence-electron chi connectivity index (χ1n) is 6.61. The maximum atomic E-state index is 12.3. The lowest BCUT2D eigenvalue weighted by molar-refractivity contribution is 0.533. The third-order valence-electron chi connectivity index (χ3n) is 3.33. The number of nitrogens with one attached hydrogen (secondary N) is 1. The summed E-state index contributed by atoms with van der Waals surface area (Å²) in [5.41, 5.74) is 0.259. The van der Waals surface area contributed by atoms with Gasteiger partial charge < -0.3 is 5.32 Å². The summed E-state index contributed by atoms with van der Waals surface area (Å²) >= 11 is 6.06. The summed E-state index contributed by atoms with van der Waals surface area (Å²) < 4.78 is 1.49. The molecule has 1 atom stereocenters. The van der Waals surface area contributed by atoms with E-state index < -0.39 is 0 Å². The first-order chi connectivity index (χ1) is 9.15. The maximum Gasteiger partial charge on any atom is 0.291 e. The summed E-state index contributed by atoms with van der Waals surface area (Å²) in [4.78, 5) is 12.3. The van der Waals surface area contributed by atoms with Gasteiger partial charge in [0.15, 0.2) is 0 Å². The molecule has 1 aromatic rings. The number of halogens is 1. The normalized spacial score (nSPS) is 15.8. The highest BCUT2D eigenvalue weighted by molar-refractivity contribution is 6.33. The zero-order chi connectivity index (χ0) is 13.8. The van der Waals surface area contributed by atoms with Crippen molar-refractivity contribution in [1.82, 2.24) is 9.78 Å². The van der Waals surface area contributed by atoms with Crippen LogP contribution >= 0.6 is 11.6 Å². The fourth-order valence-corrected chi connectivity index (χ4v) is 2.10. The van der Waals surface area contributed by atoms with Crippen LogP contribution in [0.2, 0.25) is 5.02 Å². The van der Waals surface area contributed by atoms with Gasteiger partial charge in [-0.2, -0.15) is 5.10 Å². The summed E-state index contributed by atoms with van der Waals surface area (Å²) in [6.07, 6.45) is 10.6. The molecule has 0 amide bonds. The van der Waals surface area contributed by atoms with E-state index in [-0.39, 0.29) is 11.6 Å². The summed E-state index contributed by atoms with van der Waals surface area (Å²) in [6, 6.07) is 0.0620. The largest absolute Gasteiger partial charge is 0.376 e. The van der Waals surface area contributed by atoms with Crippen LogP contribution < -0.4 is 10.9 Å². The Kier molecular flexibility index (Phi) is 4.49. The minimum Gasteiger partial charge on any atom is -0.376 e. The molecular formula is C14H18ClN3O. The zero-order valence-corrected chi connectivity index (χ0v) is 11.8. The van der Waals surface area contributed by atoms with Gasteiger partial charge in [-0.3, -0.25) is 4.79 Å². The molecule has 1 aliphatic carbocycles. The van der Waals surface area contributed by atoms with E-state index >= 15 is 0 Å². The lowest BCUT2D eigenvalue weighted by Gasteiger charge is -2.17. The van der Waals surface area contributed by atoms with Crippen molar-refractivity contribution in [2.75, 3.05) is 5.32 Å². The van der Waals surface area contributed by atoms with Gasteiger partial charge in [0.1, 0.15) is 5.69 Å². The van der Waals surface area contributed by atoms with Crippen molar-refractivity contribution in [3.63, 3.8) is 0 Å². The van der Waals surface area contributed by atoms with Crippen molar-refractivity contribution in [2.45, 2.75) is 45.2 Å². The molecule has 1 fully saturated rings. The standard InChI is InChI=1S/C14H18ClN3O/c1-3-5-11(4-2)17-13-12(15)8-16-18(14(13)19)9-10-6-7-10/h1,8,10-11,17H,4-7,9H2,2H3. The van der Waals surface area contributed by atoms with Gasteiger partial charge in [0.2, 0.25) is 0 Å². The third kappa shape index (κ3) is 3.51. The SMILES string of the molecule is C#CCC(CC)Nc1c(Cl)cnn(CC2CC2)c1=O. The van der Waals surface area contributed by atoms with Gasteiger partial charge in [-0.05, 0) is 25.2 Å². The van der Waals surface area contributed by atoms with Crippen LogP contribution in [-0.2, 0) is 6.54 Å². The third-order valence-corrected chi connectivity index (χ3v) is 3.62. The van der Waals surface area contributed by atoms with Gasteiger partial charge in [-0.25, -0.2) is 4.68 Å². The van der Waals surface area contributed by atoms with E-state index in [9.17, 15) is 4.79 Å². The summed E-state index contributed by atoms with van der Waals surface area (Å²) in [7, 11) is 0. The van der Waals surface area contributed by atoms with Crippen LogP contribution in [0.15, 0.2) is 11.0 Å². The van der Waals surface area contributed by atoms with Crippen molar-refractivity contribution < 1.29 is 0 Å². The molecule has 4 nitrogen and oxygen atoms in total. The number of terminal acetylenes is 1. The molecule has 1 N–H and O–H groups in total. The van der Waals surface area contributed by atoms with Crippen LogP contribution in [0.1, 0.15) is 32.6 Å². The molecule has 2 rings (SSSR count). The molecule has 0 aromatic carbocycles. The minimum atomic E-state index is -0.158. The van der Waals surface area contributed by atoms with E-state index in [2.05, 4.69) is 16.3 Å². The Hall–Kier alpha value is -1.47. The second kappa shape index (κ2) is 6.12. The van der Waals surface area contributed by atoms with Gasteiger partial charge in [0, 0.05) is 19.0 Å². The zero-order valence-electron chi connectivity index (χ0n) is 11.0. The number of nitrogens with zero attached hydrogens (tertiary/aromatic N) is 2. The van der Waals surface area contributed by atoms with E-state index in [4.69, 9.17) is 18.0 Å². The Labute approximate surface area is 118 Å². The molecule has 1 heterocycles. The first-order valence-corrected chi connectivity index (χ1v) is 6.99. The van der Waals surface area contributed by atoms with E-state index in [1.54, 1.807) is 0 Å². The van der Waals surface area contributed by atoms with Crippen LogP contribution in [0.5, 0.6) is 0 Å². The van der Waals surface area contributed by atoms with Crippen LogP contribution in [0.3, 0.4) is 0 Å². The molecule has 1 aliphatic rings. The molecule has 1 saturated carbocycles. The van der Waals surface area contributed by atoms with Gasteiger partial charge >= 0.3 is 0 Å². The monoisotopic (exact) mass is 279 g/mol. The van der Waals surface area contributed by atoms with Crippen molar-refractivity contribution in [3.05, 3.63) is 21.6 Å². The van der Waals surface area contributed by atoms with E-state index in [1.165, 1.54) is 23.7 Å². The lowest BCUT2D eigenvalue weighted by Crippen LogP contribution is -2.30. The van der Waals surface area contributed by atoms with Crippen LogP contribution in [-0.4, -0.2) is 15.8 Å². The lowest BCUT2D eigenvalue weighted by atomic mass is 10.1. The number of aromatic nitrogens is 2. The topological polar surface area (TPSA) is 46.9 Å². The average molecular weight is 280 g/mol. The van der Waals surface area contributed by atoms with Crippen LogP contribution in [0.4, 0.5) is 5.69 Å². The van der Waals surface area contributed by atoms with Crippen LogP contribution in [0.25, 0.3) is 0 Å². The second-order valence-corrected chi connectivity index (χ2v) is 5.36. The molecular weight excluding hydrogens is 262 g/mol. The molecule has 0 aliphatic heterocycles. The number of anilines is 1. The molecule has 0 radical (unpaired) electrons. The molecule has 102 valence electrons. The second-order valence-electron chi connectivity index (χ2n) is 4.96. The van der Waals surface area contributed by atoms with E-state index in [0.29, 0.717) is 29.6 Å². The predicted octanol–water partition coefficient (Wildman–Crippen LogP) is 2.52. The number of hydrogen-bond acceptors (Lipinski definition) is 3. The molecule has 5 heteroatoms. The Morgan fingerprint density at radius 3 is 3.00 bits per heavy atom. The Bertz CT molecular complexity index is 543. The average Bonchev–Trinajstić information content (AvgIpc) is 3.20. The quantitative estimate of drug-likeness (QED) is 0.814. The fraction of sp³-hybridized carbons (Fsp3) is 0.571. The summed E-state index contributed by atoms with van der Waals surface area (Å²) in [6.45, 7) is 2.70. The highest BCUT2D eigenvalue weighted by Crippen LogP contribution is 2.30. The minimum absolute atomic E-state index is 0.0620. The van der Waals surface area contributed by atoms with Gasteiger partial charge in [-0.15, -0.1) is 12.3 Å². The van der Waals surface area contributed by atoms with Crippen molar-refractivity contribution in [2.24, 2.45) is 5.92 Å².